The molecule has 108 valence electrons. The molecular weight excluding hydrogens is 266 g/mol. The molecule has 21 heavy (non-hydrogen) atoms. The lowest BCUT2D eigenvalue weighted by Crippen LogP contribution is -2.12. The van der Waals surface area contributed by atoms with Crippen LogP contribution in [0.2, 0.25) is 0 Å². The van der Waals surface area contributed by atoms with Gasteiger partial charge in [-0.25, -0.2) is 0 Å². The first-order valence-electron chi connectivity index (χ1n) is 6.80. The minimum atomic E-state index is -0.0504. The standard InChI is InChI=1S/C17H17NO3/c19-12-2-1-4-14-6-8-15(9-7-14)18-17(20)11-10-16-5-3-13-21-16/h3,5-9,13,19H,2,10-12H2,(H,18,20). The second kappa shape index (κ2) is 7.93. The van der Waals surface area contributed by atoms with Crippen LogP contribution in [0.3, 0.4) is 0 Å². The van der Waals surface area contributed by atoms with Crippen LogP contribution >= 0.6 is 0 Å². The molecule has 0 spiro atoms. The molecule has 0 atom stereocenters. The highest BCUT2D eigenvalue weighted by molar-refractivity contribution is 5.90. The lowest BCUT2D eigenvalue weighted by atomic mass is 10.2. The van der Waals surface area contributed by atoms with Crippen LogP contribution in [0.25, 0.3) is 0 Å². The Labute approximate surface area is 123 Å². The summed E-state index contributed by atoms with van der Waals surface area (Å²) in [7, 11) is 0. The average Bonchev–Trinajstić information content (AvgIpc) is 3.01. The predicted octanol–water partition coefficient (Wildman–Crippen LogP) is 2.58. The highest BCUT2D eigenvalue weighted by Crippen LogP contribution is 2.10. The van der Waals surface area contributed by atoms with E-state index in [1.54, 1.807) is 6.26 Å². The second-order valence-corrected chi connectivity index (χ2v) is 4.48. The fourth-order valence-electron chi connectivity index (χ4n) is 1.77. The third kappa shape index (κ3) is 5.17. The van der Waals surface area contributed by atoms with Crippen molar-refractivity contribution in [3.63, 3.8) is 0 Å². The van der Waals surface area contributed by atoms with Gasteiger partial charge in [-0.3, -0.25) is 4.79 Å². The Morgan fingerprint density at radius 3 is 2.71 bits per heavy atom. The van der Waals surface area contributed by atoms with E-state index in [4.69, 9.17) is 9.52 Å². The van der Waals surface area contributed by atoms with Crippen molar-refractivity contribution in [1.82, 2.24) is 0 Å². The number of aliphatic hydroxyl groups excluding tert-OH is 1. The van der Waals surface area contributed by atoms with Gasteiger partial charge in [0.1, 0.15) is 5.76 Å². The zero-order valence-corrected chi connectivity index (χ0v) is 11.6. The first-order chi connectivity index (χ1) is 10.3. The largest absolute Gasteiger partial charge is 0.469 e. The van der Waals surface area contributed by atoms with Crippen molar-refractivity contribution in [2.75, 3.05) is 11.9 Å². The van der Waals surface area contributed by atoms with Crippen molar-refractivity contribution in [1.29, 1.82) is 0 Å². The number of furan rings is 1. The average molecular weight is 283 g/mol. The van der Waals surface area contributed by atoms with E-state index >= 15 is 0 Å². The Morgan fingerprint density at radius 2 is 2.05 bits per heavy atom. The number of anilines is 1. The smallest absolute Gasteiger partial charge is 0.224 e. The number of hydrogen-bond acceptors (Lipinski definition) is 3. The summed E-state index contributed by atoms with van der Waals surface area (Å²) in [5, 5.41) is 11.5. The summed E-state index contributed by atoms with van der Waals surface area (Å²) in [6.07, 6.45) is 3.03. The fraction of sp³-hybridized carbons (Fsp3) is 0.235. The van der Waals surface area contributed by atoms with Gasteiger partial charge in [-0.15, -0.1) is 0 Å². The van der Waals surface area contributed by atoms with Crippen molar-refractivity contribution in [3.8, 4) is 11.8 Å². The molecule has 0 aliphatic rings. The number of carbonyl (C=O) groups is 1. The SMILES string of the molecule is O=C(CCc1ccco1)Nc1ccc(C#CCCO)cc1. The van der Waals surface area contributed by atoms with Gasteiger partial charge in [-0.05, 0) is 36.4 Å². The Balaban J connectivity index is 1.82. The number of amides is 1. The molecule has 0 saturated carbocycles. The van der Waals surface area contributed by atoms with Crippen molar-refractivity contribution in [3.05, 3.63) is 54.0 Å². The van der Waals surface area contributed by atoms with E-state index in [9.17, 15) is 4.79 Å². The summed E-state index contributed by atoms with van der Waals surface area (Å²) in [6, 6.07) is 11.0. The van der Waals surface area contributed by atoms with E-state index in [-0.39, 0.29) is 12.5 Å². The Kier molecular flexibility index (Phi) is 5.62. The fourth-order valence-corrected chi connectivity index (χ4v) is 1.77. The maximum absolute atomic E-state index is 11.8. The van der Waals surface area contributed by atoms with E-state index in [2.05, 4.69) is 17.2 Å². The van der Waals surface area contributed by atoms with Gasteiger partial charge < -0.3 is 14.8 Å². The molecule has 4 heteroatoms. The molecule has 1 aromatic heterocycles. The third-order valence-electron chi connectivity index (χ3n) is 2.82. The molecule has 0 unspecified atom stereocenters. The molecule has 0 aliphatic heterocycles. The lowest BCUT2D eigenvalue weighted by molar-refractivity contribution is -0.116. The van der Waals surface area contributed by atoms with E-state index < -0.39 is 0 Å². The zero-order chi connectivity index (χ0) is 14.9. The minimum Gasteiger partial charge on any atom is -0.469 e. The molecule has 1 amide bonds. The van der Waals surface area contributed by atoms with Crippen molar-refractivity contribution < 1.29 is 14.3 Å². The predicted molar refractivity (Wildman–Crippen MR) is 80.7 cm³/mol. The van der Waals surface area contributed by atoms with E-state index in [1.165, 1.54) is 0 Å². The number of carbonyl (C=O) groups excluding carboxylic acids is 1. The van der Waals surface area contributed by atoms with Crippen molar-refractivity contribution >= 4 is 11.6 Å². The van der Waals surface area contributed by atoms with Gasteiger partial charge in [-0.2, -0.15) is 0 Å². The topological polar surface area (TPSA) is 62.5 Å². The van der Waals surface area contributed by atoms with Crippen molar-refractivity contribution in [2.24, 2.45) is 0 Å². The van der Waals surface area contributed by atoms with Crippen LogP contribution in [0, 0.1) is 11.8 Å². The molecule has 0 radical (unpaired) electrons. The highest BCUT2D eigenvalue weighted by Gasteiger charge is 2.04. The Hall–Kier alpha value is -2.51. The summed E-state index contributed by atoms with van der Waals surface area (Å²) in [5.41, 5.74) is 1.60. The summed E-state index contributed by atoms with van der Waals surface area (Å²) >= 11 is 0. The summed E-state index contributed by atoms with van der Waals surface area (Å²) < 4.78 is 5.18. The molecule has 2 rings (SSSR count). The van der Waals surface area contributed by atoms with Crippen LogP contribution in [0.1, 0.15) is 24.2 Å². The number of rotatable bonds is 5. The number of aliphatic hydroxyl groups is 1. The van der Waals surface area contributed by atoms with E-state index in [0.717, 1.165) is 17.0 Å². The summed E-state index contributed by atoms with van der Waals surface area (Å²) in [5.74, 6) is 6.54. The van der Waals surface area contributed by atoms with Gasteiger partial charge >= 0.3 is 0 Å². The van der Waals surface area contributed by atoms with Crippen LogP contribution in [0.15, 0.2) is 47.1 Å². The molecule has 2 aromatic rings. The van der Waals surface area contributed by atoms with Crippen LogP contribution in [0.4, 0.5) is 5.69 Å². The molecule has 1 aromatic carbocycles. The maximum atomic E-state index is 11.8. The highest BCUT2D eigenvalue weighted by atomic mass is 16.3. The monoisotopic (exact) mass is 283 g/mol. The summed E-state index contributed by atoms with van der Waals surface area (Å²) in [4.78, 5) is 11.8. The second-order valence-electron chi connectivity index (χ2n) is 4.48. The zero-order valence-electron chi connectivity index (χ0n) is 11.6. The molecule has 0 bridgehead atoms. The number of aryl methyl sites for hydroxylation is 1. The normalized spacial score (nSPS) is 9.76. The number of nitrogens with one attached hydrogen (secondary N) is 1. The van der Waals surface area contributed by atoms with E-state index in [1.807, 2.05) is 36.4 Å². The molecule has 4 nitrogen and oxygen atoms in total. The number of hydrogen-bond donors (Lipinski definition) is 2. The van der Waals surface area contributed by atoms with Gasteiger partial charge in [-0.1, -0.05) is 11.8 Å². The van der Waals surface area contributed by atoms with Crippen LogP contribution in [0.5, 0.6) is 0 Å². The van der Waals surface area contributed by atoms with Gasteiger partial charge in [0, 0.05) is 30.5 Å². The van der Waals surface area contributed by atoms with Crippen LogP contribution in [-0.4, -0.2) is 17.6 Å². The quantitative estimate of drug-likeness (QED) is 0.829. The van der Waals surface area contributed by atoms with Crippen LogP contribution in [-0.2, 0) is 11.2 Å². The molecule has 0 fully saturated rings. The molecular formula is C17H17NO3. The maximum Gasteiger partial charge on any atom is 0.224 e. The minimum absolute atomic E-state index is 0.0504. The first kappa shape index (κ1) is 14.9. The third-order valence-corrected chi connectivity index (χ3v) is 2.82. The van der Waals surface area contributed by atoms with Gasteiger partial charge in [0.2, 0.25) is 5.91 Å². The van der Waals surface area contributed by atoms with Gasteiger partial charge in [0.25, 0.3) is 0 Å². The number of benzene rings is 1. The Bertz CT molecular complexity index is 618. The Morgan fingerprint density at radius 1 is 1.24 bits per heavy atom. The van der Waals surface area contributed by atoms with Crippen molar-refractivity contribution in [2.45, 2.75) is 19.3 Å². The van der Waals surface area contributed by atoms with Crippen LogP contribution < -0.4 is 5.32 Å². The molecule has 0 saturated heterocycles. The molecule has 1 heterocycles. The summed E-state index contributed by atoms with van der Waals surface area (Å²) in [6.45, 7) is 0.0663. The van der Waals surface area contributed by atoms with Gasteiger partial charge in [0.15, 0.2) is 0 Å². The molecule has 0 aliphatic carbocycles. The lowest BCUT2D eigenvalue weighted by Gasteiger charge is -2.04. The first-order valence-corrected chi connectivity index (χ1v) is 6.80. The van der Waals surface area contributed by atoms with E-state index in [0.29, 0.717) is 19.3 Å². The van der Waals surface area contributed by atoms with Gasteiger partial charge in [0.05, 0.1) is 12.9 Å². The molecule has 2 N–H and O–H groups in total.